The number of para-hydroxylation sites is 1. The molecule has 2 rings (SSSR count). The molecule has 0 bridgehead atoms. The molecule has 28 heavy (non-hydrogen) atoms. The zero-order valence-corrected chi connectivity index (χ0v) is 14.7. The molecule has 10 heteroatoms. The van der Waals surface area contributed by atoms with Gasteiger partial charge in [-0.2, -0.15) is 22.0 Å². The fourth-order valence-electron chi connectivity index (χ4n) is 2.59. The first kappa shape index (κ1) is 21.4. The Bertz CT molecular complexity index is 880. The number of alkyl halides is 5. The van der Waals surface area contributed by atoms with Gasteiger partial charge in [-0.25, -0.2) is 0 Å². The topological polar surface area (TPSA) is 60.3 Å². The van der Waals surface area contributed by atoms with Crippen LogP contribution in [0.5, 0.6) is 5.75 Å². The van der Waals surface area contributed by atoms with Gasteiger partial charge < -0.3 is 14.6 Å². The number of rotatable bonds is 7. The van der Waals surface area contributed by atoms with Crippen LogP contribution >= 0.6 is 0 Å². The third kappa shape index (κ3) is 5.54. The summed E-state index contributed by atoms with van der Waals surface area (Å²) in [5.74, 6) is -0.874. The van der Waals surface area contributed by atoms with Crippen LogP contribution < -0.4 is 15.6 Å². The van der Waals surface area contributed by atoms with Gasteiger partial charge in [0.25, 0.3) is 5.56 Å². The van der Waals surface area contributed by atoms with Gasteiger partial charge >= 0.3 is 12.8 Å². The number of aromatic nitrogens is 1. The van der Waals surface area contributed by atoms with Crippen molar-refractivity contribution in [2.45, 2.75) is 38.7 Å². The second-order valence-electron chi connectivity index (χ2n) is 5.83. The molecule has 1 N–H and O–H groups in total. The molecule has 0 aliphatic carbocycles. The van der Waals surface area contributed by atoms with E-state index in [0.29, 0.717) is 23.3 Å². The molecule has 0 saturated carbocycles. The molecule has 1 atom stereocenters. The molecule has 0 saturated heterocycles. The SMILES string of the molecule is CCC(NC(=O)Cn1cc(C(F)(F)F)ccc1=O)c1ccccc1OC(F)F. The van der Waals surface area contributed by atoms with E-state index in [9.17, 15) is 31.5 Å². The number of benzene rings is 1. The van der Waals surface area contributed by atoms with Gasteiger partial charge in [0.05, 0.1) is 11.6 Å². The van der Waals surface area contributed by atoms with Crippen molar-refractivity contribution >= 4 is 5.91 Å². The Morgan fingerprint density at radius 1 is 1.18 bits per heavy atom. The van der Waals surface area contributed by atoms with Crippen molar-refractivity contribution in [2.24, 2.45) is 0 Å². The number of pyridine rings is 1. The predicted molar refractivity (Wildman–Crippen MR) is 90.0 cm³/mol. The molecule has 2 aromatic rings. The van der Waals surface area contributed by atoms with E-state index >= 15 is 0 Å². The van der Waals surface area contributed by atoms with Crippen molar-refractivity contribution in [1.82, 2.24) is 9.88 Å². The number of nitrogens with one attached hydrogen (secondary N) is 1. The third-order valence-corrected chi connectivity index (χ3v) is 3.88. The second-order valence-corrected chi connectivity index (χ2v) is 5.83. The summed E-state index contributed by atoms with van der Waals surface area (Å²) in [6, 6.07) is 6.47. The smallest absolute Gasteiger partial charge is 0.417 e. The average Bonchev–Trinajstić information content (AvgIpc) is 2.61. The van der Waals surface area contributed by atoms with Crippen molar-refractivity contribution in [1.29, 1.82) is 0 Å². The van der Waals surface area contributed by atoms with Gasteiger partial charge in [-0.15, -0.1) is 0 Å². The predicted octanol–water partition coefficient (Wildman–Crippen LogP) is 3.74. The number of carbonyl (C=O) groups is 1. The first-order valence-electron chi connectivity index (χ1n) is 8.22. The molecule has 1 aromatic heterocycles. The van der Waals surface area contributed by atoms with E-state index in [-0.39, 0.29) is 11.3 Å². The van der Waals surface area contributed by atoms with Gasteiger partial charge in [0.1, 0.15) is 12.3 Å². The zero-order valence-electron chi connectivity index (χ0n) is 14.7. The van der Waals surface area contributed by atoms with Crippen molar-refractivity contribution in [3.63, 3.8) is 0 Å². The standard InChI is InChI=1S/C18H17F5N2O3/c1-2-13(12-5-3-4-6-14(12)28-17(19)20)24-15(26)10-25-9-11(18(21,22)23)7-8-16(25)27/h3-9,13,17H,2,10H2,1H3,(H,24,26). The van der Waals surface area contributed by atoms with E-state index in [1.54, 1.807) is 13.0 Å². The molecule has 0 radical (unpaired) electrons. The molecule has 0 spiro atoms. The lowest BCUT2D eigenvalue weighted by molar-refractivity contribution is -0.138. The molecule has 0 aliphatic rings. The molecular formula is C18H17F5N2O3. The lowest BCUT2D eigenvalue weighted by Crippen LogP contribution is -2.35. The maximum atomic E-state index is 12.8. The molecule has 5 nitrogen and oxygen atoms in total. The average molecular weight is 404 g/mol. The number of amides is 1. The minimum absolute atomic E-state index is 0.124. The summed E-state index contributed by atoms with van der Waals surface area (Å²) in [5.41, 5.74) is -1.56. The lowest BCUT2D eigenvalue weighted by atomic mass is 10.0. The summed E-state index contributed by atoms with van der Waals surface area (Å²) in [6.07, 6.45) is -3.81. The number of hydrogen-bond acceptors (Lipinski definition) is 3. The summed E-state index contributed by atoms with van der Waals surface area (Å²) in [7, 11) is 0. The fraction of sp³-hybridized carbons (Fsp3) is 0.333. The summed E-state index contributed by atoms with van der Waals surface area (Å²) in [5, 5.41) is 2.53. The van der Waals surface area contributed by atoms with Crippen LogP contribution in [-0.2, 0) is 17.5 Å². The second kappa shape index (κ2) is 8.85. The third-order valence-electron chi connectivity index (χ3n) is 3.88. The van der Waals surface area contributed by atoms with Gasteiger partial charge in [-0.05, 0) is 18.6 Å². The van der Waals surface area contributed by atoms with Crippen LogP contribution in [0.2, 0.25) is 0 Å². The normalized spacial score (nSPS) is 12.7. The number of carbonyl (C=O) groups excluding carboxylic acids is 1. The molecule has 1 amide bonds. The first-order chi connectivity index (χ1) is 13.1. The van der Waals surface area contributed by atoms with Crippen molar-refractivity contribution in [3.05, 3.63) is 64.1 Å². The molecule has 1 heterocycles. The van der Waals surface area contributed by atoms with E-state index in [0.717, 1.165) is 6.07 Å². The molecule has 0 aliphatic heterocycles. The van der Waals surface area contributed by atoms with E-state index < -0.39 is 42.4 Å². The maximum Gasteiger partial charge on any atom is 0.417 e. The van der Waals surface area contributed by atoms with Crippen LogP contribution in [0.3, 0.4) is 0 Å². The van der Waals surface area contributed by atoms with Gasteiger partial charge in [0.15, 0.2) is 0 Å². The summed E-state index contributed by atoms with van der Waals surface area (Å²) in [4.78, 5) is 24.0. The Labute approximate surface area is 156 Å². The molecule has 1 aromatic carbocycles. The van der Waals surface area contributed by atoms with Crippen molar-refractivity contribution in [2.75, 3.05) is 0 Å². The van der Waals surface area contributed by atoms with Crippen LogP contribution in [0, 0.1) is 0 Å². The Morgan fingerprint density at radius 3 is 2.46 bits per heavy atom. The first-order valence-corrected chi connectivity index (χ1v) is 8.22. The highest BCUT2D eigenvalue weighted by Gasteiger charge is 2.31. The van der Waals surface area contributed by atoms with Crippen LogP contribution in [0.15, 0.2) is 47.4 Å². The summed E-state index contributed by atoms with van der Waals surface area (Å²) in [6.45, 7) is -2.03. The zero-order chi connectivity index (χ0) is 20.9. The van der Waals surface area contributed by atoms with Gasteiger partial charge in [0.2, 0.25) is 5.91 Å². The summed E-state index contributed by atoms with van der Waals surface area (Å²) >= 11 is 0. The Hall–Kier alpha value is -2.91. The quantitative estimate of drug-likeness (QED) is 0.716. The molecular weight excluding hydrogens is 387 g/mol. The molecule has 0 fully saturated rings. The Morgan fingerprint density at radius 2 is 1.86 bits per heavy atom. The fourth-order valence-corrected chi connectivity index (χ4v) is 2.59. The minimum atomic E-state index is -4.66. The van der Waals surface area contributed by atoms with Gasteiger partial charge in [-0.3, -0.25) is 9.59 Å². The number of hydrogen-bond donors (Lipinski definition) is 1. The number of ether oxygens (including phenoxy) is 1. The summed E-state index contributed by atoms with van der Waals surface area (Å²) < 4.78 is 68.5. The van der Waals surface area contributed by atoms with Crippen LogP contribution in [0.4, 0.5) is 22.0 Å². The van der Waals surface area contributed by atoms with Crippen molar-refractivity contribution < 1.29 is 31.5 Å². The monoisotopic (exact) mass is 404 g/mol. The highest BCUT2D eigenvalue weighted by Crippen LogP contribution is 2.29. The van der Waals surface area contributed by atoms with E-state index in [2.05, 4.69) is 10.1 Å². The van der Waals surface area contributed by atoms with E-state index in [1.165, 1.54) is 18.2 Å². The Kier molecular flexibility index (Phi) is 6.76. The van der Waals surface area contributed by atoms with E-state index in [1.807, 2.05) is 0 Å². The van der Waals surface area contributed by atoms with Crippen molar-refractivity contribution in [3.8, 4) is 5.75 Å². The lowest BCUT2D eigenvalue weighted by Gasteiger charge is -2.21. The number of nitrogens with zero attached hydrogens (tertiary/aromatic N) is 1. The largest absolute Gasteiger partial charge is 0.434 e. The highest BCUT2D eigenvalue weighted by atomic mass is 19.4. The van der Waals surface area contributed by atoms with Gasteiger partial charge in [0, 0.05) is 17.8 Å². The highest BCUT2D eigenvalue weighted by molar-refractivity contribution is 5.76. The van der Waals surface area contributed by atoms with Crippen LogP contribution in [0.1, 0.15) is 30.5 Å². The van der Waals surface area contributed by atoms with Crippen LogP contribution in [0.25, 0.3) is 0 Å². The molecule has 1 unspecified atom stereocenters. The Balaban J connectivity index is 2.19. The van der Waals surface area contributed by atoms with E-state index in [4.69, 9.17) is 0 Å². The minimum Gasteiger partial charge on any atom is -0.434 e. The van der Waals surface area contributed by atoms with Crippen LogP contribution in [-0.4, -0.2) is 17.1 Å². The number of halogens is 5. The maximum absolute atomic E-state index is 12.8. The molecule has 152 valence electrons. The van der Waals surface area contributed by atoms with Gasteiger partial charge in [-0.1, -0.05) is 25.1 Å².